The summed E-state index contributed by atoms with van der Waals surface area (Å²) < 4.78 is 5.16. The highest BCUT2D eigenvalue weighted by Gasteiger charge is 2.09. The number of methoxy groups -OCH3 is 1. The van der Waals surface area contributed by atoms with Crippen LogP contribution >= 0.6 is 0 Å². The molecule has 8 heteroatoms. The van der Waals surface area contributed by atoms with Gasteiger partial charge >= 0.3 is 5.97 Å². The Kier molecular flexibility index (Phi) is 4.25. The highest BCUT2D eigenvalue weighted by Crippen LogP contribution is 2.19. The van der Waals surface area contributed by atoms with Gasteiger partial charge < -0.3 is 25.1 Å². The third kappa shape index (κ3) is 3.37. The molecule has 0 saturated carbocycles. The van der Waals surface area contributed by atoms with Gasteiger partial charge in [0.1, 0.15) is 11.4 Å². The second-order valence-electron chi connectivity index (χ2n) is 5.37. The first-order valence-electron chi connectivity index (χ1n) is 7.38. The number of anilines is 1. The Hall–Kier alpha value is -3.55. The molecule has 3 rings (SSSR count). The first-order valence-corrected chi connectivity index (χ1v) is 7.38. The number of carboxylic acids is 1. The molecule has 0 fully saturated rings. The number of carbonyl (C=O) groups is 1. The molecule has 0 amide bonds. The Balaban J connectivity index is 1.92. The van der Waals surface area contributed by atoms with E-state index in [0.717, 1.165) is 11.6 Å². The van der Waals surface area contributed by atoms with Crippen molar-refractivity contribution in [2.45, 2.75) is 6.54 Å². The Morgan fingerprint density at radius 1 is 1.20 bits per heavy atom. The van der Waals surface area contributed by atoms with Crippen LogP contribution in [-0.4, -0.2) is 28.2 Å². The lowest BCUT2D eigenvalue weighted by Crippen LogP contribution is -2.19. The third-order valence-corrected chi connectivity index (χ3v) is 3.75. The summed E-state index contributed by atoms with van der Waals surface area (Å²) in [6.07, 6.45) is 1.12. The van der Waals surface area contributed by atoms with E-state index in [2.05, 4.69) is 15.3 Å². The fourth-order valence-corrected chi connectivity index (χ4v) is 2.42. The minimum Gasteiger partial charge on any atom is -0.497 e. The second-order valence-corrected chi connectivity index (χ2v) is 5.37. The number of hydrogen-bond acceptors (Lipinski definition) is 5. The Morgan fingerprint density at radius 3 is 2.72 bits per heavy atom. The smallest absolute Gasteiger partial charge is 0.337 e. The van der Waals surface area contributed by atoms with E-state index >= 15 is 0 Å². The van der Waals surface area contributed by atoms with Gasteiger partial charge in [-0.1, -0.05) is 0 Å². The van der Waals surface area contributed by atoms with E-state index < -0.39 is 11.5 Å². The number of ether oxygens (including phenoxy) is 1. The molecule has 128 valence electrons. The van der Waals surface area contributed by atoms with Crippen molar-refractivity contribution in [2.75, 3.05) is 12.4 Å². The van der Waals surface area contributed by atoms with Gasteiger partial charge in [0, 0.05) is 29.2 Å². The fourth-order valence-electron chi connectivity index (χ4n) is 2.42. The van der Waals surface area contributed by atoms with Crippen LogP contribution in [0.1, 0.15) is 15.9 Å². The number of nitrogens with one attached hydrogen (secondary N) is 3. The summed E-state index contributed by atoms with van der Waals surface area (Å²) in [5, 5.41) is 12.6. The molecule has 0 aliphatic carbocycles. The van der Waals surface area contributed by atoms with Crippen molar-refractivity contribution in [3.05, 3.63) is 68.4 Å². The molecular weight excluding hydrogens is 326 g/mol. The zero-order chi connectivity index (χ0) is 18.0. The summed E-state index contributed by atoms with van der Waals surface area (Å²) in [7, 11) is 1.55. The van der Waals surface area contributed by atoms with E-state index in [1.165, 1.54) is 6.07 Å². The number of H-pyrrole nitrogens is 2. The van der Waals surface area contributed by atoms with Gasteiger partial charge in [0.05, 0.1) is 12.7 Å². The average Bonchev–Trinajstić information content (AvgIpc) is 2.60. The summed E-state index contributed by atoms with van der Waals surface area (Å²) in [6, 6.07) is 8.19. The van der Waals surface area contributed by atoms with Crippen LogP contribution in [0.15, 0.2) is 46.1 Å². The van der Waals surface area contributed by atoms with Crippen molar-refractivity contribution in [3.8, 4) is 5.75 Å². The largest absolute Gasteiger partial charge is 0.497 e. The third-order valence-electron chi connectivity index (χ3n) is 3.75. The number of aromatic carboxylic acids is 1. The van der Waals surface area contributed by atoms with Crippen LogP contribution in [0.5, 0.6) is 5.75 Å². The molecular formula is C17H15N3O5. The lowest BCUT2D eigenvalue weighted by Gasteiger charge is -2.08. The van der Waals surface area contributed by atoms with Crippen molar-refractivity contribution < 1.29 is 14.6 Å². The molecule has 0 aliphatic heterocycles. The summed E-state index contributed by atoms with van der Waals surface area (Å²) >= 11 is 0. The molecule has 0 saturated heterocycles. The van der Waals surface area contributed by atoms with E-state index in [9.17, 15) is 14.4 Å². The minimum atomic E-state index is -1.16. The number of benzene rings is 1. The van der Waals surface area contributed by atoms with Gasteiger partial charge in [0.25, 0.3) is 11.1 Å². The number of pyridine rings is 2. The van der Waals surface area contributed by atoms with Crippen LogP contribution < -0.4 is 21.2 Å². The molecule has 0 atom stereocenters. The maximum absolute atomic E-state index is 12.2. The highest BCUT2D eigenvalue weighted by atomic mass is 16.5. The van der Waals surface area contributed by atoms with Crippen LogP contribution in [-0.2, 0) is 6.54 Å². The lowest BCUT2D eigenvalue weighted by atomic mass is 10.1. The Bertz CT molecular complexity index is 1070. The van der Waals surface area contributed by atoms with Crippen LogP contribution in [0, 0.1) is 0 Å². The molecule has 8 nitrogen and oxygen atoms in total. The number of hydrogen-bond donors (Lipinski definition) is 4. The van der Waals surface area contributed by atoms with Gasteiger partial charge in [-0.3, -0.25) is 9.59 Å². The van der Waals surface area contributed by atoms with E-state index in [4.69, 9.17) is 9.84 Å². The number of rotatable bonds is 5. The second kappa shape index (κ2) is 6.52. The SMILES string of the molecule is COc1ccc2[nH]c(=O)c(CNc3cc(C(=O)O)c[nH]c3=O)cc2c1. The van der Waals surface area contributed by atoms with Gasteiger partial charge in [-0.2, -0.15) is 0 Å². The van der Waals surface area contributed by atoms with Gasteiger partial charge in [-0.05, 0) is 30.3 Å². The van der Waals surface area contributed by atoms with E-state index in [-0.39, 0.29) is 23.4 Å². The van der Waals surface area contributed by atoms with Crippen molar-refractivity contribution in [1.29, 1.82) is 0 Å². The Labute approximate surface area is 141 Å². The van der Waals surface area contributed by atoms with Crippen molar-refractivity contribution >= 4 is 22.6 Å². The molecule has 2 heterocycles. The number of aromatic nitrogens is 2. The van der Waals surface area contributed by atoms with Crippen LogP contribution in [0.2, 0.25) is 0 Å². The van der Waals surface area contributed by atoms with Crippen LogP contribution in [0.3, 0.4) is 0 Å². The first kappa shape index (κ1) is 16.3. The molecule has 4 N–H and O–H groups in total. The molecule has 0 radical (unpaired) electrons. The van der Waals surface area contributed by atoms with Crippen molar-refractivity contribution in [3.63, 3.8) is 0 Å². The molecule has 1 aromatic carbocycles. The Morgan fingerprint density at radius 2 is 2.00 bits per heavy atom. The molecule has 0 spiro atoms. The predicted octanol–water partition coefficient (Wildman–Crippen LogP) is 1.54. The average molecular weight is 341 g/mol. The number of fused-ring (bicyclic) bond motifs is 1. The maximum atomic E-state index is 12.2. The minimum absolute atomic E-state index is 0.0562. The topological polar surface area (TPSA) is 124 Å². The summed E-state index contributed by atoms with van der Waals surface area (Å²) in [5.41, 5.74) is 0.324. The molecule has 2 aromatic heterocycles. The maximum Gasteiger partial charge on any atom is 0.337 e. The standard InChI is InChI=1S/C17H15N3O5/c1-25-12-2-3-13-9(5-12)4-10(15(21)20-13)7-18-14-6-11(17(23)24)8-19-16(14)22/h2-6,8,18H,7H2,1H3,(H,19,22)(H,20,21)(H,23,24). The normalized spacial score (nSPS) is 10.6. The molecule has 0 aliphatic rings. The monoisotopic (exact) mass is 341 g/mol. The number of carboxylic acid groups (broad SMARTS) is 1. The molecule has 0 bridgehead atoms. The lowest BCUT2D eigenvalue weighted by molar-refractivity contribution is 0.0696. The first-order chi connectivity index (χ1) is 12.0. The zero-order valence-corrected chi connectivity index (χ0v) is 13.3. The van der Waals surface area contributed by atoms with E-state index in [1.807, 2.05) is 0 Å². The summed E-state index contributed by atoms with van der Waals surface area (Å²) in [5.74, 6) is -0.501. The molecule has 25 heavy (non-hydrogen) atoms. The number of aromatic amines is 2. The summed E-state index contributed by atoms with van der Waals surface area (Å²) in [6.45, 7) is 0.0641. The molecule has 0 unspecified atom stereocenters. The quantitative estimate of drug-likeness (QED) is 0.558. The van der Waals surface area contributed by atoms with E-state index in [1.54, 1.807) is 31.4 Å². The molecule has 3 aromatic rings. The van der Waals surface area contributed by atoms with Crippen molar-refractivity contribution in [1.82, 2.24) is 9.97 Å². The van der Waals surface area contributed by atoms with Crippen LogP contribution in [0.4, 0.5) is 5.69 Å². The summed E-state index contributed by atoms with van der Waals surface area (Å²) in [4.78, 5) is 40.0. The van der Waals surface area contributed by atoms with Crippen molar-refractivity contribution in [2.24, 2.45) is 0 Å². The highest BCUT2D eigenvalue weighted by molar-refractivity contribution is 5.88. The van der Waals surface area contributed by atoms with Gasteiger partial charge in [0.2, 0.25) is 0 Å². The van der Waals surface area contributed by atoms with Gasteiger partial charge in [0.15, 0.2) is 0 Å². The van der Waals surface area contributed by atoms with Crippen LogP contribution in [0.25, 0.3) is 10.9 Å². The zero-order valence-electron chi connectivity index (χ0n) is 13.3. The van der Waals surface area contributed by atoms with Gasteiger partial charge in [-0.25, -0.2) is 4.79 Å². The van der Waals surface area contributed by atoms with E-state index in [0.29, 0.717) is 16.8 Å². The predicted molar refractivity (Wildman–Crippen MR) is 92.5 cm³/mol. The fraction of sp³-hybridized carbons (Fsp3) is 0.118. The van der Waals surface area contributed by atoms with Gasteiger partial charge in [-0.15, -0.1) is 0 Å².